The van der Waals surface area contributed by atoms with E-state index in [1.54, 1.807) is 13.2 Å². The molecule has 0 spiro atoms. The van der Waals surface area contributed by atoms with Gasteiger partial charge in [0.2, 0.25) is 0 Å². The molecule has 0 aliphatic carbocycles. The Morgan fingerprint density at radius 2 is 2.17 bits per heavy atom. The average Bonchev–Trinajstić information content (AvgIpc) is 3.28. The molecule has 1 aromatic heterocycles. The molecule has 1 aromatic carbocycles. The molecule has 1 unspecified atom stereocenters. The van der Waals surface area contributed by atoms with Gasteiger partial charge in [-0.25, -0.2) is 0 Å². The first-order chi connectivity index (χ1) is 11.8. The molecule has 0 amide bonds. The van der Waals surface area contributed by atoms with Crippen molar-refractivity contribution in [3.63, 3.8) is 0 Å². The molecular formula is C18H26N6. The summed E-state index contributed by atoms with van der Waals surface area (Å²) in [6.07, 6.45) is 4.25. The number of nitrogens with zero attached hydrogens (tertiary/aromatic N) is 3. The number of aromatic nitrogens is 2. The summed E-state index contributed by atoms with van der Waals surface area (Å²) in [4.78, 5) is 6.86. The second-order valence-electron chi connectivity index (χ2n) is 6.14. The van der Waals surface area contributed by atoms with Gasteiger partial charge in [-0.15, -0.1) is 0 Å². The van der Waals surface area contributed by atoms with Crippen molar-refractivity contribution in [3.05, 3.63) is 53.9 Å². The number of likely N-dealkylation sites (tertiary alicyclic amines) is 1. The largest absolute Gasteiger partial charge is 0.355 e. The lowest BCUT2D eigenvalue weighted by molar-refractivity contribution is 0.245. The minimum atomic E-state index is 0.552. The van der Waals surface area contributed by atoms with E-state index in [9.17, 15) is 0 Å². The van der Waals surface area contributed by atoms with Crippen LogP contribution in [-0.4, -0.2) is 47.2 Å². The number of rotatable bonds is 6. The van der Waals surface area contributed by atoms with Crippen molar-refractivity contribution in [2.24, 2.45) is 4.99 Å². The lowest BCUT2D eigenvalue weighted by atomic mass is 10.2. The van der Waals surface area contributed by atoms with Crippen molar-refractivity contribution in [2.45, 2.75) is 32.0 Å². The third-order valence-corrected chi connectivity index (χ3v) is 4.46. The summed E-state index contributed by atoms with van der Waals surface area (Å²) in [5, 5.41) is 13.7. The molecular weight excluding hydrogens is 300 g/mol. The number of benzene rings is 1. The van der Waals surface area contributed by atoms with Gasteiger partial charge in [0.15, 0.2) is 5.96 Å². The Bertz CT molecular complexity index is 622. The first-order valence-corrected chi connectivity index (χ1v) is 8.56. The van der Waals surface area contributed by atoms with Crippen LogP contribution in [0.3, 0.4) is 0 Å². The van der Waals surface area contributed by atoms with E-state index in [-0.39, 0.29) is 0 Å². The van der Waals surface area contributed by atoms with Crippen LogP contribution >= 0.6 is 0 Å². The second-order valence-corrected chi connectivity index (χ2v) is 6.14. The quantitative estimate of drug-likeness (QED) is 0.559. The first kappa shape index (κ1) is 16.5. The Hall–Kier alpha value is -2.34. The Morgan fingerprint density at radius 1 is 1.29 bits per heavy atom. The molecule has 1 fully saturated rings. The standard InChI is InChI=1S/C18H26N6/c1-19-18(20-12-16-9-10-22-23-16)21-13-17-8-5-11-24(17)14-15-6-3-2-4-7-15/h2-4,6-7,9-10,17H,5,8,11-14H2,1H3,(H,22,23)(H2,19,20,21). The van der Waals surface area contributed by atoms with Gasteiger partial charge in [-0.1, -0.05) is 30.3 Å². The third-order valence-electron chi connectivity index (χ3n) is 4.46. The van der Waals surface area contributed by atoms with Crippen molar-refractivity contribution in [1.82, 2.24) is 25.7 Å². The van der Waals surface area contributed by atoms with Crippen LogP contribution < -0.4 is 10.6 Å². The van der Waals surface area contributed by atoms with E-state index in [0.717, 1.165) is 24.7 Å². The number of aliphatic imine (C=N–C) groups is 1. The Morgan fingerprint density at radius 3 is 2.92 bits per heavy atom. The Labute approximate surface area is 143 Å². The van der Waals surface area contributed by atoms with Crippen LogP contribution in [0.1, 0.15) is 24.1 Å². The molecule has 24 heavy (non-hydrogen) atoms. The van der Waals surface area contributed by atoms with Crippen LogP contribution in [0.5, 0.6) is 0 Å². The molecule has 6 nitrogen and oxygen atoms in total. The SMILES string of the molecule is CN=C(NCc1ccn[nH]1)NCC1CCCN1Cc1ccccc1. The van der Waals surface area contributed by atoms with E-state index in [1.165, 1.54) is 24.9 Å². The maximum atomic E-state index is 4.30. The monoisotopic (exact) mass is 326 g/mol. The Balaban J connectivity index is 1.47. The first-order valence-electron chi connectivity index (χ1n) is 8.56. The molecule has 0 bridgehead atoms. The molecule has 1 aliphatic heterocycles. The molecule has 3 N–H and O–H groups in total. The minimum Gasteiger partial charge on any atom is -0.355 e. The van der Waals surface area contributed by atoms with Crippen LogP contribution in [0.2, 0.25) is 0 Å². The maximum absolute atomic E-state index is 4.30. The van der Waals surface area contributed by atoms with Crippen LogP contribution in [0.4, 0.5) is 0 Å². The zero-order valence-electron chi connectivity index (χ0n) is 14.2. The maximum Gasteiger partial charge on any atom is 0.191 e. The predicted octanol–water partition coefficient (Wildman–Crippen LogP) is 1.74. The fraction of sp³-hybridized carbons (Fsp3) is 0.444. The van der Waals surface area contributed by atoms with E-state index < -0.39 is 0 Å². The summed E-state index contributed by atoms with van der Waals surface area (Å²) in [5.74, 6) is 0.830. The fourth-order valence-electron chi connectivity index (χ4n) is 3.15. The molecule has 2 aromatic rings. The molecule has 1 aliphatic rings. The van der Waals surface area contributed by atoms with E-state index in [0.29, 0.717) is 12.6 Å². The van der Waals surface area contributed by atoms with Crippen LogP contribution in [0.25, 0.3) is 0 Å². The van der Waals surface area contributed by atoms with Gasteiger partial charge in [0.05, 0.1) is 12.2 Å². The van der Waals surface area contributed by atoms with Gasteiger partial charge in [-0.3, -0.25) is 15.0 Å². The highest BCUT2D eigenvalue weighted by Crippen LogP contribution is 2.19. The smallest absolute Gasteiger partial charge is 0.191 e. The highest BCUT2D eigenvalue weighted by Gasteiger charge is 2.24. The molecule has 128 valence electrons. The van der Waals surface area contributed by atoms with Crippen LogP contribution in [-0.2, 0) is 13.1 Å². The Kier molecular flexibility index (Phi) is 5.85. The van der Waals surface area contributed by atoms with Crippen LogP contribution in [0, 0.1) is 0 Å². The number of hydrogen-bond donors (Lipinski definition) is 3. The van der Waals surface area contributed by atoms with Crippen molar-refractivity contribution in [1.29, 1.82) is 0 Å². The normalized spacial score (nSPS) is 18.7. The molecule has 0 saturated carbocycles. The van der Waals surface area contributed by atoms with E-state index in [1.807, 2.05) is 6.07 Å². The highest BCUT2D eigenvalue weighted by molar-refractivity contribution is 5.79. The highest BCUT2D eigenvalue weighted by atomic mass is 15.2. The second kappa shape index (κ2) is 8.49. The zero-order valence-corrected chi connectivity index (χ0v) is 14.2. The fourth-order valence-corrected chi connectivity index (χ4v) is 3.15. The third kappa shape index (κ3) is 4.58. The van der Waals surface area contributed by atoms with Crippen molar-refractivity contribution < 1.29 is 0 Å². The molecule has 2 heterocycles. The summed E-state index contributed by atoms with van der Waals surface area (Å²) >= 11 is 0. The van der Waals surface area contributed by atoms with Gasteiger partial charge in [0.1, 0.15) is 0 Å². The number of H-pyrrole nitrogens is 1. The van der Waals surface area contributed by atoms with Gasteiger partial charge >= 0.3 is 0 Å². The lowest BCUT2D eigenvalue weighted by Gasteiger charge is -2.25. The van der Waals surface area contributed by atoms with E-state index in [2.05, 4.69) is 61.1 Å². The van der Waals surface area contributed by atoms with Gasteiger partial charge in [-0.2, -0.15) is 5.10 Å². The summed E-state index contributed by atoms with van der Waals surface area (Å²) in [6, 6.07) is 13.2. The molecule has 3 rings (SSSR count). The average molecular weight is 326 g/mol. The minimum absolute atomic E-state index is 0.552. The van der Waals surface area contributed by atoms with Gasteiger partial charge in [0.25, 0.3) is 0 Å². The van der Waals surface area contributed by atoms with E-state index >= 15 is 0 Å². The molecule has 1 saturated heterocycles. The lowest BCUT2D eigenvalue weighted by Crippen LogP contribution is -2.44. The molecule has 0 radical (unpaired) electrons. The van der Waals surface area contributed by atoms with Gasteiger partial charge in [-0.05, 0) is 31.0 Å². The topological polar surface area (TPSA) is 68.3 Å². The number of nitrogens with one attached hydrogen (secondary N) is 3. The van der Waals surface area contributed by atoms with Crippen molar-refractivity contribution in [2.75, 3.05) is 20.1 Å². The number of hydrogen-bond acceptors (Lipinski definition) is 3. The zero-order chi connectivity index (χ0) is 16.6. The van der Waals surface area contributed by atoms with E-state index in [4.69, 9.17) is 0 Å². The summed E-state index contributed by atoms with van der Waals surface area (Å²) in [7, 11) is 1.80. The molecule has 1 atom stereocenters. The van der Waals surface area contributed by atoms with Gasteiger partial charge < -0.3 is 10.6 Å². The summed E-state index contributed by atoms with van der Waals surface area (Å²) in [6.45, 7) is 3.79. The van der Waals surface area contributed by atoms with Crippen molar-refractivity contribution >= 4 is 5.96 Å². The van der Waals surface area contributed by atoms with Crippen LogP contribution in [0.15, 0.2) is 47.6 Å². The predicted molar refractivity (Wildman–Crippen MR) is 96.7 cm³/mol. The summed E-state index contributed by atoms with van der Waals surface area (Å²) < 4.78 is 0. The number of aromatic amines is 1. The summed E-state index contributed by atoms with van der Waals surface area (Å²) in [5.41, 5.74) is 2.43. The number of guanidine groups is 1. The van der Waals surface area contributed by atoms with Crippen molar-refractivity contribution in [3.8, 4) is 0 Å². The van der Waals surface area contributed by atoms with Gasteiger partial charge in [0, 0.05) is 32.4 Å². The molecule has 6 heteroatoms.